The largest absolute Gasteiger partial charge is 0.454 e. The molecule has 62 heavy (non-hydrogen) atoms. The van der Waals surface area contributed by atoms with Gasteiger partial charge in [0.25, 0.3) is 0 Å². The number of hydrogen-bond donors (Lipinski definition) is 0. The van der Waals surface area contributed by atoms with Gasteiger partial charge in [-0.05, 0) is 92.0 Å². The van der Waals surface area contributed by atoms with Gasteiger partial charge in [-0.3, -0.25) is 0 Å². The molecule has 0 aliphatic heterocycles. The van der Waals surface area contributed by atoms with Gasteiger partial charge >= 0.3 is 0 Å². The van der Waals surface area contributed by atoms with Crippen molar-refractivity contribution in [2.45, 2.75) is 0 Å². The normalized spacial score (nSPS) is 11.9. The van der Waals surface area contributed by atoms with Gasteiger partial charge in [-0.1, -0.05) is 158 Å². The van der Waals surface area contributed by atoms with Crippen LogP contribution in [0.5, 0.6) is 0 Å². The zero-order valence-electron chi connectivity index (χ0n) is 33.3. The van der Waals surface area contributed by atoms with Gasteiger partial charge in [-0.2, -0.15) is 0 Å². The molecule has 0 aliphatic rings. The summed E-state index contributed by atoms with van der Waals surface area (Å²) in [5.74, 6) is 1.78. The molecule has 0 spiro atoms. The molecule has 0 bridgehead atoms. The minimum absolute atomic E-state index is 0.574. The third kappa shape index (κ3) is 5.38. The molecule has 5 nitrogen and oxygen atoms in total. The van der Waals surface area contributed by atoms with Crippen molar-refractivity contribution in [2.75, 3.05) is 0 Å². The highest BCUT2D eigenvalue weighted by molar-refractivity contribution is 6.19. The number of hydrogen-bond acceptors (Lipinski definition) is 4. The zero-order chi connectivity index (χ0) is 40.7. The van der Waals surface area contributed by atoms with Gasteiger partial charge in [-0.15, -0.1) is 0 Å². The minimum atomic E-state index is 0.574. The summed E-state index contributed by atoms with van der Waals surface area (Å²) in [6.45, 7) is 0. The fourth-order valence-corrected chi connectivity index (χ4v) is 9.46. The summed E-state index contributed by atoms with van der Waals surface area (Å²) in [6.07, 6.45) is 0. The summed E-state index contributed by atoms with van der Waals surface area (Å²) < 4.78 is 9.38. The van der Waals surface area contributed by atoms with Gasteiger partial charge in [0, 0.05) is 38.2 Å². The Morgan fingerprint density at radius 3 is 1.60 bits per heavy atom. The zero-order valence-corrected chi connectivity index (χ0v) is 33.3. The van der Waals surface area contributed by atoms with Gasteiger partial charge < -0.3 is 8.98 Å². The van der Waals surface area contributed by atoms with E-state index in [0.717, 1.165) is 77.2 Å². The smallest absolute Gasteiger partial charge is 0.164 e. The molecular formula is C57H34N4O. The second-order valence-electron chi connectivity index (χ2n) is 16.0. The summed E-state index contributed by atoms with van der Waals surface area (Å²) in [4.78, 5) is 15.9. The van der Waals surface area contributed by atoms with E-state index in [1.165, 1.54) is 32.3 Å². The van der Waals surface area contributed by atoms with E-state index >= 15 is 0 Å². The van der Waals surface area contributed by atoms with Gasteiger partial charge in [0.15, 0.2) is 23.1 Å². The Hall–Kier alpha value is -8.41. The van der Waals surface area contributed by atoms with Crippen LogP contribution in [0.25, 0.3) is 127 Å². The van der Waals surface area contributed by atoms with E-state index in [4.69, 9.17) is 19.4 Å². The standard InChI is InChI=1S/C57H34N4O/c1-2-14-35(15-3-1)37-22-12-23-42(30-37)55-58-56(44-26-13-21-36-16-8-9-24-43(36)44)60-57(59-55)46-28-29-49(54-53(46)45-25-10-11-27-52(45)62-54)61-50-33-40-19-6-4-17-38(40)31-47(50)48-32-39-18-5-7-20-41(39)34-51(48)61/h1-34H. The monoisotopic (exact) mass is 790 g/mol. The van der Waals surface area contributed by atoms with Gasteiger partial charge in [0.05, 0.1) is 16.7 Å². The average molecular weight is 791 g/mol. The summed E-state index contributed by atoms with van der Waals surface area (Å²) in [5, 5.41) is 11.3. The molecule has 3 heterocycles. The Bertz CT molecular complexity index is 3840. The van der Waals surface area contributed by atoms with E-state index in [0.29, 0.717) is 17.5 Å². The fourth-order valence-electron chi connectivity index (χ4n) is 9.46. The van der Waals surface area contributed by atoms with Crippen molar-refractivity contribution in [1.29, 1.82) is 0 Å². The van der Waals surface area contributed by atoms with Crippen molar-refractivity contribution >= 4 is 76.1 Å². The molecule has 5 heteroatoms. The lowest BCUT2D eigenvalue weighted by Crippen LogP contribution is -2.02. The molecule has 0 saturated carbocycles. The van der Waals surface area contributed by atoms with E-state index in [1.54, 1.807) is 0 Å². The van der Waals surface area contributed by atoms with Crippen LogP contribution in [-0.2, 0) is 0 Å². The first kappa shape index (κ1) is 34.5. The second-order valence-corrected chi connectivity index (χ2v) is 16.0. The van der Waals surface area contributed by atoms with Crippen molar-refractivity contribution in [2.24, 2.45) is 0 Å². The fraction of sp³-hybridized carbons (Fsp3) is 0. The van der Waals surface area contributed by atoms with Crippen LogP contribution in [0.4, 0.5) is 0 Å². The molecule has 288 valence electrons. The molecule has 0 unspecified atom stereocenters. The third-order valence-corrected chi connectivity index (χ3v) is 12.4. The van der Waals surface area contributed by atoms with Gasteiger partial charge in [0.2, 0.25) is 0 Å². The summed E-state index contributed by atoms with van der Waals surface area (Å²) in [6, 6.07) is 72.7. The Labute approximate surface area is 355 Å². The molecule has 0 N–H and O–H groups in total. The predicted molar refractivity (Wildman–Crippen MR) is 256 cm³/mol. The lowest BCUT2D eigenvalue weighted by Gasteiger charge is -2.14. The van der Waals surface area contributed by atoms with Crippen molar-refractivity contribution in [1.82, 2.24) is 19.5 Å². The molecule has 10 aromatic carbocycles. The van der Waals surface area contributed by atoms with E-state index < -0.39 is 0 Å². The molecule has 0 amide bonds. The van der Waals surface area contributed by atoms with Crippen LogP contribution in [0.15, 0.2) is 211 Å². The lowest BCUT2D eigenvalue weighted by molar-refractivity contribution is 0.666. The topological polar surface area (TPSA) is 56.7 Å². The SMILES string of the molecule is c1ccc(-c2cccc(-c3nc(-c4cccc5ccccc45)nc(-c4ccc(-n5c6cc7ccccc7cc6c6cc7ccccc7cc65)c5oc6ccccc6c45)n3)c2)cc1. The summed E-state index contributed by atoms with van der Waals surface area (Å²) in [7, 11) is 0. The molecule has 3 aromatic heterocycles. The summed E-state index contributed by atoms with van der Waals surface area (Å²) >= 11 is 0. The van der Waals surface area contributed by atoms with E-state index in [2.05, 4.69) is 193 Å². The Morgan fingerprint density at radius 2 is 0.871 bits per heavy atom. The van der Waals surface area contributed by atoms with Crippen molar-refractivity contribution in [3.05, 3.63) is 206 Å². The predicted octanol–water partition coefficient (Wildman–Crippen LogP) is 15.0. The van der Waals surface area contributed by atoms with Crippen LogP contribution in [0.3, 0.4) is 0 Å². The molecule has 0 fully saturated rings. The maximum Gasteiger partial charge on any atom is 0.164 e. The lowest BCUT2D eigenvalue weighted by atomic mass is 10.0. The molecule has 0 aliphatic carbocycles. The van der Waals surface area contributed by atoms with E-state index in [9.17, 15) is 0 Å². The highest BCUT2D eigenvalue weighted by Crippen LogP contribution is 2.44. The van der Waals surface area contributed by atoms with Crippen molar-refractivity contribution in [3.63, 3.8) is 0 Å². The van der Waals surface area contributed by atoms with Crippen LogP contribution in [-0.4, -0.2) is 19.5 Å². The number of furan rings is 1. The molecule has 0 atom stereocenters. The van der Waals surface area contributed by atoms with Gasteiger partial charge in [0.1, 0.15) is 5.58 Å². The molecular weight excluding hydrogens is 757 g/mol. The number of benzene rings is 10. The maximum absolute atomic E-state index is 7.00. The van der Waals surface area contributed by atoms with Crippen LogP contribution in [0.1, 0.15) is 0 Å². The van der Waals surface area contributed by atoms with Crippen molar-refractivity contribution < 1.29 is 4.42 Å². The maximum atomic E-state index is 7.00. The number of nitrogens with zero attached hydrogens (tertiary/aromatic N) is 4. The van der Waals surface area contributed by atoms with Crippen LogP contribution >= 0.6 is 0 Å². The molecule has 0 saturated heterocycles. The first-order valence-electron chi connectivity index (χ1n) is 20.9. The Morgan fingerprint density at radius 1 is 0.339 bits per heavy atom. The second kappa shape index (κ2) is 13.6. The average Bonchev–Trinajstić information content (AvgIpc) is 3.87. The van der Waals surface area contributed by atoms with Crippen molar-refractivity contribution in [3.8, 4) is 51.0 Å². The highest BCUT2D eigenvalue weighted by Gasteiger charge is 2.24. The van der Waals surface area contributed by atoms with Gasteiger partial charge in [-0.25, -0.2) is 15.0 Å². The minimum Gasteiger partial charge on any atom is -0.454 e. The van der Waals surface area contributed by atoms with E-state index in [1.807, 2.05) is 18.2 Å². The number of aromatic nitrogens is 4. The molecule has 13 rings (SSSR count). The molecule has 0 radical (unpaired) electrons. The number of para-hydroxylation sites is 1. The summed E-state index contributed by atoms with van der Waals surface area (Å²) in [5.41, 5.74) is 9.69. The first-order chi connectivity index (χ1) is 30.7. The molecule has 13 aromatic rings. The first-order valence-corrected chi connectivity index (χ1v) is 20.9. The highest BCUT2D eigenvalue weighted by atomic mass is 16.3. The Kier molecular flexibility index (Phi) is 7.54. The van der Waals surface area contributed by atoms with Crippen LogP contribution in [0, 0.1) is 0 Å². The quantitative estimate of drug-likeness (QED) is 0.174. The Balaban J connectivity index is 1.11. The third-order valence-electron chi connectivity index (χ3n) is 12.4. The number of rotatable bonds is 5. The van der Waals surface area contributed by atoms with Crippen LogP contribution in [0.2, 0.25) is 0 Å². The number of fused-ring (bicyclic) bond motifs is 9. The van der Waals surface area contributed by atoms with Crippen LogP contribution < -0.4 is 0 Å². The van der Waals surface area contributed by atoms with E-state index in [-0.39, 0.29) is 0 Å².